The molecule has 0 N–H and O–H groups in total. The Labute approximate surface area is 101 Å². The molecule has 2 nitrogen and oxygen atoms in total. The van der Waals surface area contributed by atoms with Crippen LogP contribution in [-0.2, 0) is 0 Å². The van der Waals surface area contributed by atoms with Gasteiger partial charge < -0.3 is 0 Å². The van der Waals surface area contributed by atoms with Crippen molar-refractivity contribution in [3.05, 3.63) is 64.5 Å². The van der Waals surface area contributed by atoms with Gasteiger partial charge in [-0.25, -0.2) is 0 Å². The molecule has 1 heterocycles. The summed E-state index contributed by atoms with van der Waals surface area (Å²) in [5.74, 6) is 0.0526. The van der Waals surface area contributed by atoms with Crippen LogP contribution in [0.1, 0.15) is 32.7 Å². The summed E-state index contributed by atoms with van der Waals surface area (Å²) >= 11 is 0. The topological polar surface area (TPSA) is 30.0 Å². The van der Waals surface area contributed by atoms with Crippen molar-refractivity contribution in [2.24, 2.45) is 0 Å². The fraction of sp³-hybridized carbons (Fsp3) is 0.200. The highest BCUT2D eigenvalue weighted by Gasteiger charge is 2.14. The summed E-state index contributed by atoms with van der Waals surface area (Å²) in [6, 6.07) is 9.43. The molecule has 2 heteroatoms. The SMILES string of the molecule is Cc1cccc(C(=O)c2cccnc2C)c1C. The molecule has 2 aromatic rings. The van der Waals surface area contributed by atoms with Crippen molar-refractivity contribution in [1.29, 1.82) is 0 Å². The zero-order valence-corrected chi connectivity index (χ0v) is 10.3. The number of carbonyl (C=O) groups is 1. The summed E-state index contributed by atoms with van der Waals surface area (Å²) < 4.78 is 0. The molecule has 17 heavy (non-hydrogen) atoms. The van der Waals surface area contributed by atoms with Crippen LogP contribution < -0.4 is 0 Å². The van der Waals surface area contributed by atoms with Gasteiger partial charge in [0.1, 0.15) is 0 Å². The molecule has 0 aliphatic heterocycles. The normalized spacial score (nSPS) is 10.3. The van der Waals surface area contributed by atoms with E-state index < -0.39 is 0 Å². The maximum atomic E-state index is 12.4. The van der Waals surface area contributed by atoms with Crippen molar-refractivity contribution in [3.63, 3.8) is 0 Å². The summed E-state index contributed by atoms with van der Waals surface area (Å²) in [6.07, 6.45) is 1.70. The van der Waals surface area contributed by atoms with Gasteiger partial charge in [-0.05, 0) is 44.0 Å². The van der Waals surface area contributed by atoms with E-state index in [0.29, 0.717) is 5.56 Å². The van der Waals surface area contributed by atoms with E-state index in [4.69, 9.17) is 0 Å². The second-order valence-electron chi connectivity index (χ2n) is 4.21. The Hall–Kier alpha value is -1.96. The van der Waals surface area contributed by atoms with Gasteiger partial charge >= 0.3 is 0 Å². The summed E-state index contributed by atoms with van der Waals surface area (Å²) in [7, 11) is 0. The van der Waals surface area contributed by atoms with Crippen LogP contribution in [0.4, 0.5) is 0 Å². The first-order chi connectivity index (χ1) is 8.11. The molecule has 0 bridgehead atoms. The van der Waals surface area contributed by atoms with Gasteiger partial charge in [0.25, 0.3) is 0 Å². The first-order valence-electron chi connectivity index (χ1n) is 5.64. The number of pyridine rings is 1. The minimum absolute atomic E-state index is 0.0526. The quantitative estimate of drug-likeness (QED) is 0.734. The van der Waals surface area contributed by atoms with Gasteiger partial charge in [0.2, 0.25) is 0 Å². The second-order valence-corrected chi connectivity index (χ2v) is 4.21. The zero-order valence-electron chi connectivity index (χ0n) is 10.3. The number of carbonyl (C=O) groups excluding carboxylic acids is 1. The second kappa shape index (κ2) is 4.50. The van der Waals surface area contributed by atoms with Crippen molar-refractivity contribution in [3.8, 4) is 0 Å². The third-order valence-corrected chi connectivity index (χ3v) is 3.10. The number of nitrogens with zero attached hydrogens (tertiary/aromatic N) is 1. The van der Waals surface area contributed by atoms with Crippen molar-refractivity contribution < 1.29 is 4.79 Å². The fourth-order valence-corrected chi connectivity index (χ4v) is 1.87. The van der Waals surface area contributed by atoms with Crippen molar-refractivity contribution in [2.45, 2.75) is 20.8 Å². The van der Waals surface area contributed by atoms with Crippen LogP contribution in [0.25, 0.3) is 0 Å². The fourth-order valence-electron chi connectivity index (χ4n) is 1.87. The number of aromatic nitrogens is 1. The molecule has 0 aliphatic carbocycles. The van der Waals surface area contributed by atoms with Crippen LogP contribution >= 0.6 is 0 Å². The summed E-state index contributed by atoms with van der Waals surface area (Å²) in [5, 5.41) is 0. The summed E-state index contributed by atoms with van der Waals surface area (Å²) in [6.45, 7) is 5.86. The monoisotopic (exact) mass is 225 g/mol. The molecule has 0 radical (unpaired) electrons. The van der Waals surface area contributed by atoms with Gasteiger partial charge in [-0.3, -0.25) is 9.78 Å². The highest BCUT2D eigenvalue weighted by Crippen LogP contribution is 2.18. The maximum absolute atomic E-state index is 12.4. The van der Waals surface area contributed by atoms with Gasteiger partial charge in [0.05, 0.1) is 0 Å². The smallest absolute Gasteiger partial charge is 0.195 e. The predicted octanol–water partition coefficient (Wildman–Crippen LogP) is 3.24. The Morgan fingerprint density at radius 3 is 2.41 bits per heavy atom. The standard InChI is InChI=1S/C15H15NO/c1-10-6-4-7-13(11(10)2)15(17)14-8-5-9-16-12(14)3/h4-9H,1-3H3. The number of hydrogen-bond donors (Lipinski definition) is 0. The van der Waals surface area contributed by atoms with E-state index in [9.17, 15) is 4.79 Å². The molecule has 0 spiro atoms. The van der Waals surface area contributed by atoms with E-state index in [2.05, 4.69) is 4.98 Å². The number of aryl methyl sites for hydroxylation is 2. The number of rotatable bonds is 2. The van der Waals surface area contributed by atoms with Crippen LogP contribution in [0, 0.1) is 20.8 Å². The van der Waals surface area contributed by atoms with Gasteiger partial charge in [0.15, 0.2) is 5.78 Å². The lowest BCUT2D eigenvalue weighted by molar-refractivity contribution is 0.103. The Bertz CT molecular complexity index is 573. The van der Waals surface area contributed by atoms with E-state index in [1.54, 1.807) is 12.3 Å². The first-order valence-corrected chi connectivity index (χ1v) is 5.64. The highest BCUT2D eigenvalue weighted by atomic mass is 16.1. The van der Waals surface area contributed by atoms with Gasteiger partial charge in [-0.1, -0.05) is 18.2 Å². The molecule has 0 aliphatic rings. The Balaban J connectivity index is 2.52. The predicted molar refractivity (Wildman–Crippen MR) is 68.3 cm³/mol. The van der Waals surface area contributed by atoms with Crippen LogP contribution in [0.3, 0.4) is 0 Å². The molecular weight excluding hydrogens is 210 g/mol. The number of hydrogen-bond acceptors (Lipinski definition) is 2. The molecule has 1 aromatic carbocycles. The lowest BCUT2D eigenvalue weighted by Gasteiger charge is -2.08. The summed E-state index contributed by atoms with van der Waals surface area (Å²) in [4.78, 5) is 16.6. The zero-order chi connectivity index (χ0) is 12.4. The highest BCUT2D eigenvalue weighted by molar-refractivity contribution is 6.10. The molecule has 0 amide bonds. The van der Waals surface area contributed by atoms with Gasteiger partial charge in [0, 0.05) is 23.0 Å². The number of benzene rings is 1. The molecule has 0 saturated heterocycles. The molecule has 0 unspecified atom stereocenters. The van der Waals surface area contributed by atoms with Crippen LogP contribution in [0.2, 0.25) is 0 Å². The van der Waals surface area contributed by atoms with Crippen LogP contribution in [0.15, 0.2) is 36.5 Å². The lowest BCUT2D eigenvalue weighted by atomic mass is 9.96. The molecule has 0 atom stereocenters. The largest absolute Gasteiger partial charge is 0.289 e. The Kier molecular flexibility index (Phi) is 3.05. The van der Waals surface area contributed by atoms with E-state index in [1.165, 1.54) is 0 Å². The van der Waals surface area contributed by atoms with E-state index in [-0.39, 0.29) is 5.78 Å². The van der Waals surface area contributed by atoms with Crippen molar-refractivity contribution in [2.75, 3.05) is 0 Å². The van der Waals surface area contributed by atoms with Crippen molar-refractivity contribution in [1.82, 2.24) is 4.98 Å². The minimum Gasteiger partial charge on any atom is -0.289 e. The van der Waals surface area contributed by atoms with Gasteiger partial charge in [-0.15, -0.1) is 0 Å². The first kappa shape index (κ1) is 11.5. The Morgan fingerprint density at radius 1 is 1.00 bits per heavy atom. The third kappa shape index (κ3) is 2.11. The van der Waals surface area contributed by atoms with Gasteiger partial charge in [-0.2, -0.15) is 0 Å². The van der Waals surface area contributed by atoms with E-state index in [1.807, 2.05) is 45.0 Å². The molecule has 0 fully saturated rings. The number of ketones is 1. The lowest BCUT2D eigenvalue weighted by Crippen LogP contribution is -2.07. The van der Waals surface area contributed by atoms with E-state index in [0.717, 1.165) is 22.4 Å². The average Bonchev–Trinajstić information content (AvgIpc) is 2.32. The molecular formula is C15H15NO. The minimum atomic E-state index is 0.0526. The third-order valence-electron chi connectivity index (χ3n) is 3.10. The molecule has 2 rings (SSSR count). The average molecular weight is 225 g/mol. The Morgan fingerprint density at radius 2 is 1.71 bits per heavy atom. The van der Waals surface area contributed by atoms with Crippen LogP contribution in [-0.4, -0.2) is 10.8 Å². The summed E-state index contributed by atoms with van der Waals surface area (Å²) in [5.41, 5.74) is 4.40. The van der Waals surface area contributed by atoms with Crippen molar-refractivity contribution >= 4 is 5.78 Å². The maximum Gasteiger partial charge on any atom is 0.195 e. The molecule has 86 valence electrons. The van der Waals surface area contributed by atoms with Crippen LogP contribution in [0.5, 0.6) is 0 Å². The molecule has 0 saturated carbocycles. The van der Waals surface area contributed by atoms with E-state index >= 15 is 0 Å². The molecule has 1 aromatic heterocycles.